The maximum absolute atomic E-state index is 12.7. The van der Waals surface area contributed by atoms with Crippen LogP contribution in [0.25, 0.3) is 0 Å². The summed E-state index contributed by atoms with van der Waals surface area (Å²) in [5.74, 6) is 0.845. The van der Waals surface area contributed by atoms with Gasteiger partial charge in [-0.3, -0.25) is 4.90 Å². The van der Waals surface area contributed by atoms with Crippen LogP contribution in [0.15, 0.2) is 53.4 Å². The average molecular weight is 397 g/mol. The molecule has 0 unspecified atom stereocenters. The van der Waals surface area contributed by atoms with Gasteiger partial charge in [-0.25, -0.2) is 8.42 Å². The number of hydrogen-bond acceptors (Lipinski definition) is 4. The fourth-order valence-electron chi connectivity index (χ4n) is 3.02. The molecule has 7 heteroatoms. The Morgan fingerprint density at radius 3 is 2.27 bits per heavy atom. The third-order valence-corrected chi connectivity index (χ3v) is 6.44. The highest BCUT2D eigenvalue weighted by Gasteiger charge is 2.28. The summed E-state index contributed by atoms with van der Waals surface area (Å²) < 4.78 is 32.3. The summed E-state index contributed by atoms with van der Waals surface area (Å²) in [5, 5.41) is 0. The molecule has 0 bridgehead atoms. The fraction of sp³-hybridized carbons (Fsp3) is 0.368. The Morgan fingerprint density at radius 1 is 1.00 bits per heavy atom. The maximum Gasteiger partial charge on any atom is 0.243 e. The van der Waals surface area contributed by atoms with E-state index in [0.717, 1.165) is 30.9 Å². The van der Waals surface area contributed by atoms with Gasteiger partial charge in [-0.2, -0.15) is 4.31 Å². The molecular formula is C19H25ClN2O3S. The van der Waals surface area contributed by atoms with Gasteiger partial charge in [-0.05, 0) is 36.8 Å². The van der Waals surface area contributed by atoms with Crippen molar-refractivity contribution < 1.29 is 13.2 Å². The van der Waals surface area contributed by atoms with Crippen molar-refractivity contribution in [1.29, 1.82) is 0 Å². The van der Waals surface area contributed by atoms with Crippen LogP contribution in [0.4, 0.5) is 0 Å². The number of halogens is 1. The molecule has 0 saturated carbocycles. The Hall–Kier alpha value is -1.60. The molecule has 0 aliphatic carbocycles. The molecule has 1 aliphatic rings. The number of hydrogen-bond donors (Lipinski definition) is 0. The minimum absolute atomic E-state index is 0. The van der Waals surface area contributed by atoms with E-state index >= 15 is 0 Å². The molecule has 1 saturated heterocycles. The van der Waals surface area contributed by atoms with Crippen molar-refractivity contribution in [3.8, 4) is 5.75 Å². The van der Waals surface area contributed by atoms with Gasteiger partial charge in [0.25, 0.3) is 0 Å². The summed E-state index contributed by atoms with van der Waals surface area (Å²) in [6, 6.07) is 15.0. The number of piperazine rings is 1. The molecule has 0 amide bonds. The lowest BCUT2D eigenvalue weighted by molar-refractivity contribution is 0.181. The summed E-state index contributed by atoms with van der Waals surface area (Å²) in [6.07, 6.45) is 0. The first-order valence-electron chi connectivity index (χ1n) is 8.41. The van der Waals surface area contributed by atoms with E-state index in [1.54, 1.807) is 23.5 Å². The molecule has 0 spiro atoms. The van der Waals surface area contributed by atoms with Gasteiger partial charge in [0.1, 0.15) is 5.75 Å². The molecular weight excluding hydrogens is 372 g/mol. The number of sulfonamides is 1. The van der Waals surface area contributed by atoms with Crippen molar-refractivity contribution in [2.75, 3.05) is 33.3 Å². The predicted molar refractivity (Wildman–Crippen MR) is 105 cm³/mol. The number of benzene rings is 2. The minimum Gasteiger partial charge on any atom is -0.497 e. The maximum atomic E-state index is 12.7. The van der Waals surface area contributed by atoms with E-state index in [1.165, 1.54) is 5.56 Å². The SMILES string of the molecule is COc1cccc(CN2CCN(S(=O)(=O)c3ccc(C)cc3)CC2)c1.Cl. The van der Waals surface area contributed by atoms with Crippen LogP contribution in [-0.4, -0.2) is 50.9 Å². The quantitative estimate of drug-likeness (QED) is 0.779. The van der Waals surface area contributed by atoms with Crippen molar-refractivity contribution in [2.45, 2.75) is 18.4 Å². The first kappa shape index (κ1) is 20.7. The summed E-state index contributed by atoms with van der Waals surface area (Å²) in [5.41, 5.74) is 2.23. The largest absolute Gasteiger partial charge is 0.497 e. The summed E-state index contributed by atoms with van der Waals surface area (Å²) in [7, 11) is -1.74. The lowest BCUT2D eigenvalue weighted by atomic mass is 10.2. The predicted octanol–water partition coefficient (Wildman–Crippen LogP) is 2.93. The molecule has 2 aromatic carbocycles. The first-order chi connectivity index (χ1) is 12.0. The van der Waals surface area contributed by atoms with Gasteiger partial charge in [-0.1, -0.05) is 29.8 Å². The number of aryl methyl sites for hydroxylation is 1. The normalized spacial score (nSPS) is 16.1. The third kappa shape index (κ3) is 4.76. The number of methoxy groups -OCH3 is 1. The number of nitrogens with zero attached hydrogens (tertiary/aromatic N) is 2. The Balaban J connectivity index is 0.00000243. The van der Waals surface area contributed by atoms with Gasteiger partial charge in [0.2, 0.25) is 10.0 Å². The number of rotatable bonds is 5. The zero-order valence-corrected chi connectivity index (χ0v) is 16.7. The van der Waals surface area contributed by atoms with E-state index in [2.05, 4.69) is 11.0 Å². The van der Waals surface area contributed by atoms with Crippen LogP contribution >= 0.6 is 12.4 Å². The Labute approximate surface area is 162 Å². The van der Waals surface area contributed by atoms with E-state index in [1.807, 2.05) is 37.3 Å². The molecule has 142 valence electrons. The topological polar surface area (TPSA) is 49.9 Å². The van der Waals surface area contributed by atoms with Gasteiger partial charge >= 0.3 is 0 Å². The molecule has 1 fully saturated rings. The molecule has 0 radical (unpaired) electrons. The second-order valence-electron chi connectivity index (χ2n) is 6.34. The van der Waals surface area contributed by atoms with Crippen LogP contribution in [0.3, 0.4) is 0 Å². The van der Waals surface area contributed by atoms with Crippen molar-refractivity contribution in [1.82, 2.24) is 9.21 Å². The molecule has 1 aliphatic heterocycles. The van der Waals surface area contributed by atoms with E-state index in [4.69, 9.17) is 4.74 Å². The fourth-order valence-corrected chi connectivity index (χ4v) is 4.44. The minimum atomic E-state index is -3.40. The van der Waals surface area contributed by atoms with Crippen LogP contribution in [0.2, 0.25) is 0 Å². The monoisotopic (exact) mass is 396 g/mol. The third-order valence-electron chi connectivity index (χ3n) is 4.53. The first-order valence-corrected chi connectivity index (χ1v) is 9.85. The van der Waals surface area contributed by atoms with Crippen LogP contribution in [0, 0.1) is 6.92 Å². The zero-order valence-electron chi connectivity index (χ0n) is 15.1. The second-order valence-corrected chi connectivity index (χ2v) is 8.28. The van der Waals surface area contributed by atoms with Gasteiger partial charge in [0, 0.05) is 32.7 Å². The molecule has 0 aromatic heterocycles. The van der Waals surface area contributed by atoms with Crippen LogP contribution in [0.1, 0.15) is 11.1 Å². The summed E-state index contributed by atoms with van der Waals surface area (Å²) >= 11 is 0. The van der Waals surface area contributed by atoms with Gasteiger partial charge < -0.3 is 4.74 Å². The molecule has 1 heterocycles. The highest BCUT2D eigenvalue weighted by atomic mass is 35.5. The van der Waals surface area contributed by atoms with Gasteiger partial charge in [0.05, 0.1) is 12.0 Å². The lowest BCUT2D eigenvalue weighted by Gasteiger charge is -2.34. The molecule has 0 atom stereocenters. The highest BCUT2D eigenvalue weighted by molar-refractivity contribution is 7.89. The summed E-state index contributed by atoms with van der Waals surface area (Å²) in [6.45, 7) is 5.23. The Morgan fingerprint density at radius 2 is 1.65 bits per heavy atom. The van der Waals surface area contributed by atoms with E-state index in [9.17, 15) is 8.42 Å². The van der Waals surface area contributed by atoms with Crippen LogP contribution in [0.5, 0.6) is 5.75 Å². The standard InChI is InChI=1S/C19H24N2O3S.ClH/c1-16-6-8-19(9-7-16)25(22,23)21-12-10-20(11-13-21)15-17-4-3-5-18(14-17)24-2;/h3-9,14H,10-13,15H2,1-2H3;1H. The van der Waals surface area contributed by atoms with E-state index in [0.29, 0.717) is 18.0 Å². The van der Waals surface area contributed by atoms with Crippen molar-refractivity contribution >= 4 is 22.4 Å². The Bertz CT molecular complexity index is 817. The number of ether oxygens (including phenoxy) is 1. The van der Waals surface area contributed by atoms with Crippen LogP contribution < -0.4 is 4.74 Å². The van der Waals surface area contributed by atoms with Gasteiger partial charge in [-0.15, -0.1) is 12.4 Å². The van der Waals surface area contributed by atoms with Crippen molar-refractivity contribution in [2.24, 2.45) is 0 Å². The van der Waals surface area contributed by atoms with E-state index < -0.39 is 10.0 Å². The van der Waals surface area contributed by atoms with Crippen LogP contribution in [-0.2, 0) is 16.6 Å². The van der Waals surface area contributed by atoms with Crippen molar-refractivity contribution in [3.63, 3.8) is 0 Å². The molecule has 2 aromatic rings. The lowest BCUT2D eigenvalue weighted by Crippen LogP contribution is -2.48. The smallest absolute Gasteiger partial charge is 0.243 e. The average Bonchev–Trinajstić information content (AvgIpc) is 2.63. The molecule has 5 nitrogen and oxygen atoms in total. The zero-order chi connectivity index (χ0) is 17.9. The van der Waals surface area contributed by atoms with Gasteiger partial charge in [0.15, 0.2) is 0 Å². The van der Waals surface area contributed by atoms with Crippen molar-refractivity contribution in [3.05, 3.63) is 59.7 Å². The summed E-state index contributed by atoms with van der Waals surface area (Å²) in [4.78, 5) is 2.65. The Kier molecular flexibility index (Phi) is 7.06. The molecule has 26 heavy (non-hydrogen) atoms. The highest BCUT2D eigenvalue weighted by Crippen LogP contribution is 2.20. The van der Waals surface area contributed by atoms with E-state index in [-0.39, 0.29) is 12.4 Å². The molecule has 3 rings (SSSR count). The second kappa shape index (κ2) is 8.86. The molecule has 0 N–H and O–H groups in total.